The molecule has 0 radical (unpaired) electrons. The van der Waals surface area contributed by atoms with Crippen LogP contribution in [0.25, 0.3) is 0 Å². The summed E-state index contributed by atoms with van der Waals surface area (Å²) in [7, 11) is 0. The molecule has 0 bridgehead atoms. The summed E-state index contributed by atoms with van der Waals surface area (Å²) in [4.78, 5) is 30.3. The second-order valence-corrected chi connectivity index (χ2v) is 7.42. The maximum atomic E-state index is 12.4. The van der Waals surface area contributed by atoms with E-state index in [1.54, 1.807) is 0 Å². The van der Waals surface area contributed by atoms with Gasteiger partial charge >= 0.3 is 0 Å². The molecule has 25 heavy (non-hydrogen) atoms. The quantitative estimate of drug-likeness (QED) is 0.780. The number of carbonyl (C=O) groups excluding carboxylic acids is 2. The van der Waals surface area contributed by atoms with Gasteiger partial charge in [-0.25, -0.2) is 4.98 Å². The van der Waals surface area contributed by atoms with E-state index in [0.29, 0.717) is 16.7 Å². The minimum absolute atomic E-state index is 0. The Morgan fingerprint density at radius 2 is 2.08 bits per heavy atom. The maximum absolute atomic E-state index is 12.4. The Morgan fingerprint density at radius 3 is 2.68 bits per heavy atom. The SMILES string of the molecule is CC(C)C(=O)Nc1nc(CC(=O)N2CCCC(C(C)N)C2)cs1.Cl.Cl. The number of hydrogen-bond acceptors (Lipinski definition) is 5. The molecule has 6 nitrogen and oxygen atoms in total. The van der Waals surface area contributed by atoms with Crippen molar-refractivity contribution >= 4 is 53.1 Å². The van der Waals surface area contributed by atoms with Crippen LogP contribution in [-0.2, 0) is 16.0 Å². The van der Waals surface area contributed by atoms with E-state index < -0.39 is 0 Å². The lowest BCUT2D eigenvalue weighted by Gasteiger charge is -2.34. The summed E-state index contributed by atoms with van der Waals surface area (Å²) < 4.78 is 0. The smallest absolute Gasteiger partial charge is 0.228 e. The number of aromatic nitrogens is 1. The number of likely N-dealkylation sites (tertiary alicyclic amines) is 1. The highest BCUT2D eigenvalue weighted by Gasteiger charge is 2.26. The Morgan fingerprint density at radius 1 is 1.40 bits per heavy atom. The van der Waals surface area contributed by atoms with Crippen LogP contribution in [0.2, 0.25) is 0 Å². The third-order valence-corrected chi connectivity index (χ3v) is 5.00. The molecule has 2 heterocycles. The zero-order valence-electron chi connectivity index (χ0n) is 14.9. The van der Waals surface area contributed by atoms with Gasteiger partial charge in [-0.05, 0) is 25.7 Å². The van der Waals surface area contributed by atoms with Gasteiger partial charge in [0.25, 0.3) is 0 Å². The summed E-state index contributed by atoms with van der Waals surface area (Å²) in [5.74, 6) is 0.312. The highest BCUT2D eigenvalue weighted by atomic mass is 35.5. The molecule has 1 saturated heterocycles. The predicted octanol–water partition coefficient (Wildman–Crippen LogP) is 2.71. The van der Waals surface area contributed by atoms with Gasteiger partial charge in [-0.1, -0.05) is 13.8 Å². The minimum Gasteiger partial charge on any atom is -0.342 e. The van der Waals surface area contributed by atoms with Crippen molar-refractivity contribution in [1.29, 1.82) is 0 Å². The average molecular weight is 411 g/mol. The van der Waals surface area contributed by atoms with Crippen molar-refractivity contribution in [2.75, 3.05) is 18.4 Å². The fourth-order valence-corrected chi connectivity index (χ4v) is 3.34. The molecule has 1 aromatic heterocycles. The molecule has 0 aromatic carbocycles. The molecule has 0 aliphatic carbocycles. The van der Waals surface area contributed by atoms with Crippen LogP contribution >= 0.6 is 36.2 Å². The molecular weight excluding hydrogens is 383 g/mol. The lowest BCUT2D eigenvalue weighted by atomic mass is 9.92. The normalized spacial score (nSPS) is 18.1. The lowest BCUT2D eigenvalue weighted by molar-refractivity contribution is -0.132. The third kappa shape index (κ3) is 7.09. The van der Waals surface area contributed by atoms with Gasteiger partial charge in [0.05, 0.1) is 12.1 Å². The van der Waals surface area contributed by atoms with Crippen molar-refractivity contribution in [2.45, 2.75) is 46.1 Å². The van der Waals surface area contributed by atoms with Crippen LogP contribution in [0, 0.1) is 11.8 Å². The number of rotatable bonds is 5. The van der Waals surface area contributed by atoms with Crippen LogP contribution in [0.1, 0.15) is 39.3 Å². The number of nitrogens with two attached hydrogens (primary N) is 1. The van der Waals surface area contributed by atoms with Gasteiger partial charge in [0, 0.05) is 30.4 Å². The first kappa shape index (κ1) is 24.1. The van der Waals surface area contributed by atoms with Gasteiger partial charge in [-0.15, -0.1) is 36.2 Å². The Labute approximate surface area is 165 Å². The topological polar surface area (TPSA) is 88.3 Å². The van der Waals surface area contributed by atoms with Crippen LogP contribution < -0.4 is 11.1 Å². The van der Waals surface area contributed by atoms with Crippen molar-refractivity contribution in [1.82, 2.24) is 9.88 Å². The van der Waals surface area contributed by atoms with Gasteiger partial charge < -0.3 is 16.0 Å². The summed E-state index contributed by atoms with van der Waals surface area (Å²) >= 11 is 1.36. The van der Waals surface area contributed by atoms with Crippen molar-refractivity contribution < 1.29 is 9.59 Å². The van der Waals surface area contributed by atoms with Gasteiger partial charge in [-0.3, -0.25) is 9.59 Å². The zero-order valence-corrected chi connectivity index (χ0v) is 17.3. The number of halogens is 2. The molecule has 144 valence electrons. The van der Waals surface area contributed by atoms with Gasteiger partial charge in [0.2, 0.25) is 11.8 Å². The summed E-state index contributed by atoms with van der Waals surface area (Å²) in [6, 6.07) is 0.114. The van der Waals surface area contributed by atoms with Crippen LogP contribution in [-0.4, -0.2) is 40.8 Å². The molecule has 2 unspecified atom stereocenters. The fraction of sp³-hybridized carbons (Fsp3) is 0.688. The number of piperidine rings is 1. The van der Waals surface area contributed by atoms with Gasteiger partial charge in [-0.2, -0.15) is 0 Å². The van der Waals surface area contributed by atoms with Crippen LogP contribution in [0.4, 0.5) is 5.13 Å². The molecule has 1 fully saturated rings. The predicted molar refractivity (Wildman–Crippen MR) is 107 cm³/mol. The number of anilines is 1. The first-order chi connectivity index (χ1) is 10.9. The van der Waals surface area contributed by atoms with E-state index in [1.807, 2.05) is 31.1 Å². The lowest BCUT2D eigenvalue weighted by Crippen LogP contribution is -2.45. The van der Waals surface area contributed by atoms with E-state index in [4.69, 9.17) is 5.73 Å². The van der Waals surface area contributed by atoms with E-state index >= 15 is 0 Å². The molecule has 0 spiro atoms. The molecule has 0 saturated carbocycles. The Hall–Kier alpha value is -0.890. The first-order valence-corrected chi connectivity index (χ1v) is 9.03. The molecular formula is C16H28Cl2N4O2S. The number of thiazole rings is 1. The molecule has 1 aliphatic rings. The molecule has 2 atom stereocenters. The molecule has 3 N–H and O–H groups in total. The van der Waals surface area contributed by atoms with Crippen molar-refractivity contribution in [3.05, 3.63) is 11.1 Å². The third-order valence-electron chi connectivity index (χ3n) is 4.19. The molecule has 1 aliphatic heterocycles. The highest BCUT2D eigenvalue weighted by molar-refractivity contribution is 7.13. The van der Waals surface area contributed by atoms with E-state index in [9.17, 15) is 9.59 Å². The van der Waals surface area contributed by atoms with Crippen molar-refractivity contribution in [2.24, 2.45) is 17.6 Å². The second kappa shape index (κ2) is 11.0. The highest BCUT2D eigenvalue weighted by Crippen LogP contribution is 2.21. The molecule has 2 rings (SSSR count). The average Bonchev–Trinajstić information content (AvgIpc) is 2.94. The van der Waals surface area contributed by atoms with Crippen molar-refractivity contribution in [3.8, 4) is 0 Å². The fourth-order valence-electron chi connectivity index (χ4n) is 2.63. The Bertz CT molecular complexity index is 566. The minimum atomic E-state index is -0.0903. The number of hydrogen-bond donors (Lipinski definition) is 2. The molecule has 2 amide bonds. The van der Waals surface area contributed by atoms with Crippen LogP contribution in [0.15, 0.2) is 5.38 Å². The standard InChI is InChI=1S/C16H26N4O2S.2ClH/c1-10(2)15(22)19-16-18-13(9-23-16)7-14(21)20-6-4-5-12(8-20)11(3)17;;/h9-12H,4-8,17H2,1-3H3,(H,18,19,22);2*1H. The van der Waals surface area contributed by atoms with Crippen LogP contribution in [0.3, 0.4) is 0 Å². The monoisotopic (exact) mass is 410 g/mol. The van der Waals surface area contributed by atoms with Gasteiger partial charge in [0.1, 0.15) is 0 Å². The summed E-state index contributed by atoms with van der Waals surface area (Å²) in [5, 5.41) is 5.15. The summed E-state index contributed by atoms with van der Waals surface area (Å²) in [6.07, 6.45) is 2.37. The Balaban J connectivity index is 0.00000288. The zero-order chi connectivity index (χ0) is 17.0. The summed E-state index contributed by atoms with van der Waals surface area (Å²) in [6.45, 7) is 7.20. The molecule has 1 aromatic rings. The van der Waals surface area contributed by atoms with Gasteiger partial charge in [0.15, 0.2) is 5.13 Å². The number of nitrogens with one attached hydrogen (secondary N) is 1. The second-order valence-electron chi connectivity index (χ2n) is 6.57. The Kier molecular flexibility index (Phi) is 10.6. The van der Waals surface area contributed by atoms with E-state index in [1.165, 1.54) is 11.3 Å². The maximum Gasteiger partial charge on any atom is 0.228 e. The number of carbonyl (C=O) groups is 2. The van der Waals surface area contributed by atoms with E-state index in [0.717, 1.165) is 25.9 Å². The number of nitrogens with zero attached hydrogens (tertiary/aromatic N) is 2. The number of amides is 2. The molecule has 9 heteroatoms. The first-order valence-electron chi connectivity index (χ1n) is 8.15. The summed E-state index contributed by atoms with van der Waals surface area (Å²) in [5.41, 5.74) is 6.68. The van der Waals surface area contributed by atoms with E-state index in [2.05, 4.69) is 10.3 Å². The van der Waals surface area contributed by atoms with Crippen LogP contribution in [0.5, 0.6) is 0 Å². The van der Waals surface area contributed by atoms with Crippen molar-refractivity contribution in [3.63, 3.8) is 0 Å². The van der Waals surface area contributed by atoms with E-state index in [-0.39, 0.29) is 55.0 Å². The largest absolute Gasteiger partial charge is 0.342 e.